The monoisotopic (exact) mass is 337 g/mol. The van der Waals surface area contributed by atoms with Crippen molar-refractivity contribution in [3.63, 3.8) is 0 Å². The number of aromatic nitrogens is 2. The van der Waals surface area contributed by atoms with E-state index in [9.17, 15) is 0 Å². The van der Waals surface area contributed by atoms with E-state index in [0.717, 1.165) is 17.3 Å². The summed E-state index contributed by atoms with van der Waals surface area (Å²) < 4.78 is 5.84. The van der Waals surface area contributed by atoms with E-state index in [4.69, 9.17) is 4.74 Å². The predicted octanol–water partition coefficient (Wildman–Crippen LogP) is 3.76. The van der Waals surface area contributed by atoms with E-state index in [1.807, 2.05) is 18.2 Å². The van der Waals surface area contributed by atoms with E-state index in [1.165, 1.54) is 17.5 Å². The molecular formula is C19H19N3OS. The largest absolute Gasteiger partial charge is 0.489 e. The molecule has 5 heteroatoms. The number of hydrogen-bond donors (Lipinski definition) is 1. The van der Waals surface area contributed by atoms with Gasteiger partial charge in [0.05, 0.1) is 0 Å². The van der Waals surface area contributed by atoms with Gasteiger partial charge in [0.1, 0.15) is 22.9 Å². The Hall–Kier alpha value is -2.24. The van der Waals surface area contributed by atoms with Crippen LogP contribution in [0.1, 0.15) is 28.5 Å². The highest BCUT2D eigenvalue weighted by Gasteiger charge is 2.37. The molecule has 1 saturated carbocycles. The van der Waals surface area contributed by atoms with Gasteiger partial charge in [0.15, 0.2) is 0 Å². The van der Waals surface area contributed by atoms with Crippen LogP contribution in [0.15, 0.2) is 60.1 Å². The highest BCUT2D eigenvalue weighted by molar-refractivity contribution is 7.09. The molecule has 0 amide bonds. The van der Waals surface area contributed by atoms with Crippen molar-refractivity contribution in [2.24, 2.45) is 0 Å². The Bertz CT molecular complexity index is 759. The molecule has 122 valence electrons. The van der Waals surface area contributed by atoms with Crippen LogP contribution in [0.3, 0.4) is 0 Å². The molecule has 3 aromatic rings. The van der Waals surface area contributed by atoms with Crippen molar-refractivity contribution in [3.8, 4) is 5.75 Å². The first kappa shape index (κ1) is 15.3. The van der Waals surface area contributed by atoms with Crippen LogP contribution in [0.2, 0.25) is 0 Å². The fourth-order valence-electron chi connectivity index (χ4n) is 2.83. The van der Waals surface area contributed by atoms with Crippen LogP contribution < -0.4 is 10.1 Å². The molecule has 0 saturated heterocycles. The van der Waals surface area contributed by atoms with Gasteiger partial charge in [0, 0.05) is 18.5 Å². The van der Waals surface area contributed by atoms with Crippen molar-refractivity contribution in [1.82, 2.24) is 15.5 Å². The van der Waals surface area contributed by atoms with Crippen molar-refractivity contribution >= 4 is 11.3 Å². The zero-order chi connectivity index (χ0) is 16.2. The Balaban J connectivity index is 1.27. The highest BCUT2D eigenvalue weighted by atomic mass is 32.1. The molecule has 1 heterocycles. The second kappa shape index (κ2) is 7.11. The lowest BCUT2D eigenvalue weighted by molar-refractivity contribution is 0.306. The smallest absolute Gasteiger partial charge is 0.131 e. The molecule has 2 atom stereocenters. The summed E-state index contributed by atoms with van der Waals surface area (Å²) in [4.78, 5) is 0. The van der Waals surface area contributed by atoms with Gasteiger partial charge in [-0.15, -0.1) is 21.5 Å². The first-order valence-corrected chi connectivity index (χ1v) is 9.01. The molecule has 0 bridgehead atoms. The molecule has 1 aliphatic rings. The lowest BCUT2D eigenvalue weighted by Gasteiger charge is -2.07. The first-order chi connectivity index (χ1) is 11.9. The molecule has 1 aliphatic carbocycles. The Morgan fingerprint density at radius 2 is 1.92 bits per heavy atom. The first-order valence-electron chi connectivity index (χ1n) is 8.13. The molecule has 4 nitrogen and oxygen atoms in total. The topological polar surface area (TPSA) is 47.0 Å². The van der Waals surface area contributed by atoms with Gasteiger partial charge >= 0.3 is 0 Å². The summed E-state index contributed by atoms with van der Waals surface area (Å²) in [6, 6.07) is 19.3. The lowest BCUT2D eigenvalue weighted by Crippen LogP contribution is -2.17. The van der Waals surface area contributed by atoms with Crippen molar-refractivity contribution in [2.45, 2.75) is 31.5 Å². The summed E-state index contributed by atoms with van der Waals surface area (Å²) in [6.07, 6.45) is 1.18. The van der Waals surface area contributed by atoms with Crippen molar-refractivity contribution in [2.75, 3.05) is 0 Å². The Kier molecular flexibility index (Phi) is 4.53. The van der Waals surface area contributed by atoms with Gasteiger partial charge in [-0.1, -0.05) is 42.5 Å². The fraction of sp³-hybridized carbons (Fsp3) is 0.263. The molecule has 4 rings (SSSR count). The van der Waals surface area contributed by atoms with E-state index in [-0.39, 0.29) is 0 Å². The van der Waals surface area contributed by atoms with E-state index in [2.05, 4.69) is 51.9 Å². The van der Waals surface area contributed by atoms with Crippen molar-refractivity contribution < 1.29 is 4.74 Å². The van der Waals surface area contributed by atoms with E-state index in [0.29, 0.717) is 18.6 Å². The number of nitrogens with one attached hydrogen (secondary N) is 1. The van der Waals surface area contributed by atoms with E-state index >= 15 is 0 Å². The maximum Gasteiger partial charge on any atom is 0.131 e. The zero-order valence-electron chi connectivity index (χ0n) is 13.3. The predicted molar refractivity (Wildman–Crippen MR) is 95.1 cm³/mol. The zero-order valence-corrected chi connectivity index (χ0v) is 14.1. The lowest BCUT2D eigenvalue weighted by atomic mass is 10.1. The second-order valence-electron chi connectivity index (χ2n) is 6.01. The SMILES string of the molecule is c1ccc(COc2ccc([C@@H]3C[C@H]3NCc3nncs3)cc2)cc1. The highest BCUT2D eigenvalue weighted by Crippen LogP contribution is 2.41. The molecule has 1 N–H and O–H groups in total. The molecule has 1 fully saturated rings. The number of benzene rings is 2. The normalized spacial score (nSPS) is 19.2. The molecule has 0 spiro atoms. The van der Waals surface area contributed by atoms with Crippen molar-refractivity contribution in [1.29, 1.82) is 0 Å². The summed E-state index contributed by atoms with van der Waals surface area (Å²) in [5, 5.41) is 12.5. The van der Waals surface area contributed by atoms with Crippen LogP contribution >= 0.6 is 11.3 Å². The molecule has 0 aliphatic heterocycles. The Morgan fingerprint density at radius 1 is 1.08 bits per heavy atom. The summed E-state index contributed by atoms with van der Waals surface area (Å²) in [5.41, 5.74) is 4.33. The maximum absolute atomic E-state index is 5.84. The molecule has 24 heavy (non-hydrogen) atoms. The maximum atomic E-state index is 5.84. The third-order valence-electron chi connectivity index (χ3n) is 4.27. The van der Waals surface area contributed by atoms with Crippen LogP contribution in [0.25, 0.3) is 0 Å². The fourth-order valence-corrected chi connectivity index (χ4v) is 3.31. The second-order valence-corrected chi connectivity index (χ2v) is 6.92. The van der Waals surface area contributed by atoms with Crippen LogP contribution in [-0.4, -0.2) is 16.2 Å². The average molecular weight is 337 g/mol. The van der Waals surface area contributed by atoms with E-state index < -0.39 is 0 Å². The average Bonchev–Trinajstić information content (AvgIpc) is 3.23. The van der Waals surface area contributed by atoms with Gasteiger partial charge in [-0.2, -0.15) is 0 Å². The van der Waals surface area contributed by atoms with Gasteiger partial charge in [0.2, 0.25) is 0 Å². The molecule has 0 radical (unpaired) electrons. The third-order valence-corrected chi connectivity index (χ3v) is 4.97. The van der Waals surface area contributed by atoms with Crippen LogP contribution in [-0.2, 0) is 13.2 Å². The molecular weight excluding hydrogens is 318 g/mol. The van der Waals surface area contributed by atoms with Gasteiger partial charge < -0.3 is 10.1 Å². The van der Waals surface area contributed by atoms with Gasteiger partial charge in [0.25, 0.3) is 0 Å². The molecule has 1 aromatic heterocycles. The summed E-state index contributed by atoms with van der Waals surface area (Å²) in [7, 11) is 0. The van der Waals surface area contributed by atoms with Crippen molar-refractivity contribution in [3.05, 3.63) is 76.2 Å². The Labute approximate surface area is 145 Å². The van der Waals surface area contributed by atoms with E-state index in [1.54, 1.807) is 16.8 Å². The third kappa shape index (κ3) is 3.80. The van der Waals surface area contributed by atoms with Crippen LogP contribution in [0.4, 0.5) is 0 Å². The van der Waals surface area contributed by atoms with Crippen LogP contribution in [0, 0.1) is 0 Å². The number of nitrogens with zero attached hydrogens (tertiary/aromatic N) is 2. The Morgan fingerprint density at radius 3 is 2.67 bits per heavy atom. The summed E-state index contributed by atoms with van der Waals surface area (Å²) >= 11 is 1.59. The van der Waals surface area contributed by atoms with Crippen LogP contribution in [0.5, 0.6) is 5.75 Å². The quantitative estimate of drug-likeness (QED) is 0.713. The molecule has 2 aromatic carbocycles. The summed E-state index contributed by atoms with van der Waals surface area (Å²) in [5.74, 6) is 1.52. The molecule has 0 unspecified atom stereocenters. The minimum absolute atomic E-state index is 0.546. The number of hydrogen-bond acceptors (Lipinski definition) is 5. The van der Waals surface area contributed by atoms with Gasteiger partial charge in [-0.3, -0.25) is 0 Å². The van der Waals surface area contributed by atoms with Gasteiger partial charge in [-0.25, -0.2) is 0 Å². The minimum atomic E-state index is 0.546. The van der Waals surface area contributed by atoms with Gasteiger partial charge in [-0.05, 0) is 29.7 Å². The summed E-state index contributed by atoms with van der Waals surface area (Å²) in [6.45, 7) is 1.42. The number of rotatable bonds is 7. The number of ether oxygens (including phenoxy) is 1. The standard InChI is InChI=1S/C19H19N3OS/c1-2-4-14(5-3-1)12-23-16-8-6-15(7-9-16)17-10-18(17)20-11-19-22-21-13-24-19/h1-9,13,17-18,20H,10-12H2/t17-,18+/m0/s1. The minimum Gasteiger partial charge on any atom is -0.489 e.